The van der Waals surface area contributed by atoms with Crippen LogP contribution in [-0.4, -0.2) is 64.6 Å². The zero-order valence-electron chi connectivity index (χ0n) is 26.9. The van der Waals surface area contributed by atoms with Gasteiger partial charge >= 0.3 is 0 Å². The van der Waals surface area contributed by atoms with E-state index in [1.807, 2.05) is 40.7 Å². The number of nitrogens with one attached hydrogen (secondary N) is 1. The number of hydrogen-bond acceptors (Lipinski definition) is 7. The molecule has 0 heterocycles. The van der Waals surface area contributed by atoms with Crippen LogP contribution in [0.5, 0.6) is 17.2 Å². The molecule has 3 aromatic rings. The van der Waals surface area contributed by atoms with Crippen molar-refractivity contribution in [3.8, 4) is 17.2 Å². The maximum absolute atomic E-state index is 14.3. The molecule has 1 N–H and O–H groups in total. The molecule has 0 aliphatic rings. The average Bonchev–Trinajstić information content (AvgIpc) is 2.96. The molecule has 238 valence electrons. The Morgan fingerprint density at radius 3 is 1.95 bits per heavy atom. The third-order valence-corrected chi connectivity index (χ3v) is 8.66. The molecule has 1 unspecified atom stereocenters. The molecule has 10 nitrogen and oxygen atoms in total. The lowest BCUT2D eigenvalue weighted by atomic mass is 10.1. The number of ether oxygens (including phenoxy) is 3. The van der Waals surface area contributed by atoms with Gasteiger partial charge in [-0.25, -0.2) is 8.42 Å². The first-order valence-corrected chi connectivity index (χ1v) is 15.6. The molecule has 3 rings (SSSR count). The highest BCUT2D eigenvalue weighted by Crippen LogP contribution is 2.33. The van der Waals surface area contributed by atoms with E-state index >= 15 is 0 Å². The van der Waals surface area contributed by atoms with Crippen LogP contribution in [0.25, 0.3) is 0 Å². The van der Waals surface area contributed by atoms with Crippen molar-refractivity contribution >= 4 is 27.5 Å². The average molecular weight is 626 g/mol. The standard InChI is InChI=1S/C33H43N3O7S/c1-22-16-23(2)18-26(17-22)36(44(39,40)28-14-15-29(42-8)30(19-28)43-9)21-31(37)35(24(3)32(38)34-33(4,5)6)20-25-10-12-27(41-7)13-11-25/h10-19,24H,20-21H2,1-9H3,(H,34,38). The molecule has 0 aliphatic carbocycles. The van der Waals surface area contributed by atoms with E-state index in [-0.39, 0.29) is 23.1 Å². The minimum absolute atomic E-state index is 0.0681. The van der Waals surface area contributed by atoms with E-state index in [4.69, 9.17) is 14.2 Å². The van der Waals surface area contributed by atoms with Crippen molar-refractivity contribution in [1.29, 1.82) is 0 Å². The largest absolute Gasteiger partial charge is 0.497 e. The molecule has 0 bridgehead atoms. The fourth-order valence-corrected chi connectivity index (χ4v) is 6.13. The van der Waals surface area contributed by atoms with Crippen molar-refractivity contribution in [3.63, 3.8) is 0 Å². The first kappa shape index (κ1) is 34.2. The molecule has 0 saturated heterocycles. The van der Waals surface area contributed by atoms with Gasteiger partial charge in [0, 0.05) is 18.2 Å². The van der Waals surface area contributed by atoms with Gasteiger partial charge in [0.15, 0.2) is 11.5 Å². The molecular formula is C33H43N3O7S. The Hall–Kier alpha value is -4.25. The Morgan fingerprint density at radius 2 is 1.43 bits per heavy atom. The summed E-state index contributed by atoms with van der Waals surface area (Å²) in [5.41, 5.74) is 2.18. The Bertz CT molecular complexity index is 1560. The molecule has 3 aromatic carbocycles. The summed E-state index contributed by atoms with van der Waals surface area (Å²) in [6, 6.07) is 15.8. The van der Waals surface area contributed by atoms with Gasteiger partial charge in [0.25, 0.3) is 10.0 Å². The lowest BCUT2D eigenvalue weighted by molar-refractivity contribution is -0.140. The Labute approximate surface area is 261 Å². The summed E-state index contributed by atoms with van der Waals surface area (Å²) in [5, 5.41) is 2.93. The normalized spacial score (nSPS) is 12.2. The molecule has 0 spiro atoms. The number of aryl methyl sites for hydroxylation is 2. The lowest BCUT2D eigenvalue weighted by Crippen LogP contribution is -2.54. The first-order chi connectivity index (χ1) is 20.6. The number of benzene rings is 3. The molecule has 0 fully saturated rings. The van der Waals surface area contributed by atoms with Crippen molar-refractivity contribution in [3.05, 3.63) is 77.4 Å². The number of nitrogens with zero attached hydrogens (tertiary/aromatic N) is 2. The molecule has 0 radical (unpaired) electrons. The first-order valence-electron chi connectivity index (χ1n) is 14.2. The molecule has 0 saturated carbocycles. The second-order valence-electron chi connectivity index (χ2n) is 11.7. The lowest BCUT2D eigenvalue weighted by Gasteiger charge is -2.33. The number of anilines is 1. The smallest absolute Gasteiger partial charge is 0.264 e. The third kappa shape index (κ3) is 8.43. The SMILES string of the molecule is COc1ccc(CN(C(=O)CN(c2cc(C)cc(C)c2)S(=O)(=O)c2ccc(OC)c(OC)c2)C(C)C(=O)NC(C)(C)C)cc1. The van der Waals surface area contributed by atoms with Gasteiger partial charge in [-0.15, -0.1) is 0 Å². The van der Waals surface area contributed by atoms with Crippen LogP contribution >= 0.6 is 0 Å². The summed E-state index contributed by atoms with van der Waals surface area (Å²) in [6.45, 7) is 10.4. The number of rotatable bonds is 12. The van der Waals surface area contributed by atoms with Crippen LogP contribution in [0.3, 0.4) is 0 Å². The molecule has 44 heavy (non-hydrogen) atoms. The van der Waals surface area contributed by atoms with E-state index in [1.165, 1.54) is 37.3 Å². The Balaban J connectivity index is 2.11. The van der Waals surface area contributed by atoms with Gasteiger partial charge in [0.05, 0.1) is 31.9 Å². The maximum atomic E-state index is 14.3. The van der Waals surface area contributed by atoms with Crippen LogP contribution < -0.4 is 23.8 Å². The van der Waals surface area contributed by atoms with E-state index in [1.54, 1.807) is 50.4 Å². The second kappa shape index (κ2) is 14.0. The van der Waals surface area contributed by atoms with Gasteiger partial charge in [-0.2, -0.15) is 0 Å². The number of methoxy groups -OCH3 is 3. The monoisotopic (exact) mass is 625 g/mol. The minimum atomic E-state index is -4.30. The number of amides is 2. The van der Waals surface area contributed by atoms with Gasteiger partial charge < -0.3 is 24.4 Å². The van der Waals surface area contributed by atoms with Gasteiger partial charge in [-0.3, -0.25) is 13.9 Å². The highest BCUT2D eigenvalue weighted by atomic mass is 32.2. The number of hydrogen-bond donors (Lipinski definition) is 1. The summed E-state index contributed by atoms with van der Waals surface area (Å²) in [5.74, 6) is 0.325. The zero-order chi connectivity index (χ0) is 32.8. The topological polar surface area (TPSA) is 114 Å². The number of carbonyl (C=O) groups excluding carboxylic acids is 2. The summed E-state index contributed by atoms with van der Waals surface area (Å²) < 4.78 is 45.5. The fourth-order valence-electron chi connectivity index (χ4n) is 4.71. The molecular weight excluding hydrogens is 582 g/mol. The van der Waals surface area contributed by atoms with E-state index < -0.39 is 34.1 Å². The molecule has 11 heteroatoms. The van der Waals surface area contributed by atoms with Crippen molar-refractivity contribution in [2.24, 2.45) is 0 Å². The number of sulfonamides is 1. The van der Waals surface area contributed by atoms with E-state index in [2.05, 4.69) is 5.32 Å². The predicted octanol–water partition coefficient (Wildman–Crippen LogP) is 4.86. The molecule has 0 aliphatic heterocycles. The predicted molar refractivity (Wildman–Crippen MR) is 171 cm³/mol. The van der Waals surface area contributed by atoms with Gasteiger partial charge in [0.2, 0.25) is 11.8 Å². The van der Waals surface area contributed by atoms with Gasteiger partial charge in [-0.05, 0) is 94.6 Å². The summed E-state index contributed by atoms with van der Waals surface area (Å²) >= 11 is 0. The Kier molecular flexibility index (Phi) is 10.9. The summed E-state index contributed by atoms with van der Waals surface area (Å²) in [4.78, 5) is 28.8. The molecule has 0 aromatic heterocycles. The highest BCUT2D eigenvalue weighted by molar-refractivity contribution is 7.92. The summed E-state index contributed by atoms with van der Waals surface area (Å²) in [7, 11) is 0.139. The second-order valence-corrected chi connectivity index (χ2v) is 13.5. The van der Waals surface area contributed by atoms with Gasteiger partial charge in [0.1, 0.15) is 18.3 Å². The molecule has 2 amide bonds. The maximum Gasteiger partial charge on any atom is 0.264 e. The van der Waals surface area contributed by atoms with Crippen molar-refractivity contribution in [1.82, 2.24) is 10.2 Å². The van der Waals surface area contributed by atoms with Gasteiger partial charge in [-0.1, -0.05) is 18.2 Å². The van der Waals surface area contributed by atoms with Crippen LogP contribution in [-0.2, 0) is 26.2 Å². The minimum Gasteiger partial charge on any atom is -0.497 e. The van der Waals surface area contributed by atoms with Crippen molar-refractivity contribution in [2.45, 2.75) is 64.6 Å². The van der Waals surface area contributed by atoms with Crippen LogP contribution in [0, 0.1) is 13.8 Å². The van der Waals surface area contributed by atoms with E-state index in [0.29, 0.717) is 17.2 Å². The third-order valence-electron chi connectivity index (χ3n) is 6.89. The van der Waals surface area contributed by atoms with E-state index in [9.17, 15) is 18.0 Å². The van der Waals surface area contributed by atoms with Crippen LogP contribution in [0.15, 0.2) is 65.6 Å². The van der Waals surface area contributed by atoms with Crippen LogP contribution in [0.1, 0.15) is 44.4 Å². The quantitative estimate of drug-likeness (QED) is 0.306. The van der Waals surface area contributed by atoms with Crippen LogP contribution in [0.2, 0.25) is 0 Å². The van der Waals surface area contributed by atoms with E-state index in [0.717, 1.165) is 21.0 Å². The zero-order valence-corrected chi connectivity index (χ0v) is 27.7. The fraction of sp³-hybridized carbons (Fsp3) is 0.394. The Morgan fingerprint density at radius 1 is 0.841 bits per heavy atom. The van der Waals surface area contributed by atoms with Crippen molar-refractivity contribution < 1.29 is 32.2 Å². The van der Waals surface area contributed by atoms with Crippen LogP contribution in [0.4, 0.5) is 5.69 Å². The highest BCUT2D eigenvalue weighted by Gasteiger charge is 2.34. The molecule has 1 atom stereocenters. The van der Waals surface area contributed by atoms with Crippen molar-refractivity contribution in [2.75, 3.05) is 32.2 Å². The number of carbonyl (C=O) groups is 2. The summed E-state index contributed by atoms with van der Waals surface area (Å²) in [6.07, 6.45) is 0.